The fourth-order valence-electron chi connectivity index (χ4n) is 3.73. The summed E-state index contributed by atoms with van der Waals surface area (Å²) in [6, 6.07) is 18.5. The topological polar surface area (TPSA) is 65.5 Å². The van der Waals surface area contributed by atoms with Crippen LogP contribution in [-0.2, 0) is 16.1 Å². The Labute approximate surface area is 162 Å². The van der Waals surface area contributed by atoms with Crippen molar-refractivity contribution in [3.63, 3.8) is 0 Å². The molecule has 3 aliphatic heterocycles. The van der Waals surface area contributed by atoms with Crippen LogP contribution in [0.25, 0.3) is 5.76 Å². The molecule has 2 atom stereocenters. The largest absolute Gasteiger partial charge is 0.423 e. The highest BCUT2D eigenvalue weighted by Gasteiger charge is 2.54. The molecule has 0 radical (unpaired) electrons. The molecule has 140 valence electrons. The number of carbonyl (C=O) groups excluding carboxylic acids is 2. The lowest BCUT2D eigenvalue weighted by Crippen LogP contribution is -2.63. The number of fused-ring (bicyclic) bond motifs is 3. The number of nitrogens with zero attached hydrogens (tertiary/aromatic N) is 4. The number of imide groups is 1. The number of amides is 3. The van der Waals surface area contributed by atoms with Crippen molar-refractivity contribution >= 4 is 23.7 Å². The summed E-state index contributed by atoms with van der Waals surface area (Å²) >= 11 is 0. The minimum atomic E-state index is -0.623. The average molecular weight is 374 g/mol. The Morgan fingerprint density at radius 1 is 1.00 bits per heavy atom. The van der Waals surface area contributed by atoms with Gasteiger partial charge < -0.3 is 9.64 Å². The highest BCUT2D eigenvalue weighted by molar-refractivity contribution is 6.04. The lowest BCUT2D eigenvalue weighted by molar-refractivity contribution is -0.137. The van der Waals surface area contributed by atoms with Crippen molar-refractivity contribution in [3.8, 4) is 0 Å². The minimum Gasteiger partial charge on any atom is -0.423 e. The van der Waals surface area contributed by atoms with Gasteiger partial charge in [-0.25, -0.2) is 9.79 Å². The Hall–Kier alpha value is -3.61. The first-order valence-corrected chi connectivity index (χ1v) is 9.07. The van der Waals surface area contributed by atoms with E-state index in [1.54, 1.807) is 18.1 Å². The molecule has 0 saturated carbocycles. The Balaban J connectivity index is 1.45. The zero-order valence-corrected chi connectivity index (χ0v) is 15.2. The number of likely N-dealkylation sites (N-methyl/N-ethyl adjacent to an activating group) is 1. The average Bonchev–Trinajstić information content (AvgIpc) is 3.29. The van der Waals surface area contributed by atoms with E-state index in [9.17, 15) is 9.59 Å². The zero-order chi connectivity index (χ0) is 19.3. The fourth-order valence-corrected chi connectivity index (χ4v) is 3.73. The van der Waals surface area contributed by atoms with E-state index in [1.165, 1.54) is 9.80 Å². The van der Waals surface area contributed by atoms with Gasteiger partial charge in [-0.2, -0.15) is 0 Å². The molecule has 2 unspecified atom stereocenters. The first-order chi connectivity index (χ1) is 13.6. The quantitative estimate of drug-likeness (QED) is 0.828. The Morgan fingerprint density at radius 2 is 1.68 bits per heavy atom. The van der Waals surface area contributed by atoms with Crippen molar-refractivity contribution in [2.75, 3.05) is 7.05 Å². The second-order valence-electron chi connectivity index (χ2n) is 6.94. The van der Waals surface area contributed by atoms with Crippen LogP contribution in [-0.4, -0.2) is 51.9 Å². The molecule has 1 fully saturated rings. The molecular weight excluding hydrogens is 356 g/mol. The van der Waals surface area contributed by atoms with Gasteiger partial charge in [0.05, 0.1) is 12.7 Å². The second-order valence-corrected chi connectivity index (χ2v) is 6.94. The van der Waals surface area contributed by atoms with Crippen LogP contribution >= 0.6 is 0 Å². The SMILES string of the molecule is CN1C(=O)N(Cc2ccccc2)C(=O)C2C1N=C1OC(c3ccccc3)=CN12. The third-order valence-corrected chi connectivity index (χ3v) is 5.19. The molecule has 7 heteroatoms. The van der Waals surface area contributed by atoms with Crippen LogP contribution in [0.3, 0.4) is 0 Å². The van der Waals surface area contributed by atoms with Gasteiger partial charge in [-0.05, 0) is 5.56 Å². The summed E-state index contributed by atoms with van der Waals surface area (Å²) < 4.78 is 5.88. The van der Waals surface area contributed by atoms with Gasteiger partial charge in [-0.3, -0.25) is 14.6 Å². The third kappa shape index (κ3) is 2.47. The summed E-state index contributed by atoms with van der Waals surface area (Å²) in [5, 5.41) is 0. The number of carbonyl (C=O) groups is 2. The molecular formula is C21H18N4O3. The third-order valence-electron chi connectivity index (χ3n) is 5.19. The van der Waals surface area contributed by atoms with Gasteiger partial charge in [0.15, 0.2) is 18.0 Å². The van der Waals surface area contributed by atoms with Gasteiger partial charge in [0.1, 0.15) is 0 Å². The summed E-state index contributed by atoms with van der Waals surface area (Å²) in [5.74, 6) is 0.365. The number of benzene rings is 2. The van der Waals surface area contributed by atoms with Gasteiger partial charge in [-0.1, -0.05) is 60.7 Å². The van der Waals surface area contributed by atoms with Crippen LogP contribution in [0.2, 0.25) is 0 Å². The summed E-state index contributed by atoms with van der Waals surface area (Å²) in [6.07, 6.45) is 1.21. The van der Waals surface area contributed by atoms with E-state index in [1.807, 2.05) is 60.7 Å². The molecule has 3 aliphatic rings. The maximum absolute atomic E-state index is 13.2. The van der Waals surface area contributed by atoms with Crippen LogP contribution in [0.15, 0.2) is 71.9 Å². The van der Waals surface area contributed by atoms with E-state index in [0.29, 0.717) is 11.8 Å². The molecule has 0 bridgehead atoms. The number of aliphatic imine (C=N–C) groups is 1. The van der Waals surface area contributed by atoms with Crippen LogP contribution in [0.5, 0.6) is 0 Å². The minimum absolute atomic E-state index is 0.228. The Bertz CT molecular complexity index is 1000. The molecule has 0 aromatic heterocycles. The molecule has 1 saturated heterocycles. The molecule has 7 nitrogen and oxygen atoms in total. The molecule has 0 aliphatic carbocycles. The molecule has 2 aromatic rings. The normalized spacial score (nSPS) is 23.2. The predicted molar refractivity (Wildman–Crippen MR) is 103 cm³/mol. The number of amidine groups is 1. The van der Waals surface area contributed by atoms with Crippen LogP contribution < -0.4 is 0 Å². The van der Waals surface area contributed by atoms with E-state index in [-0.39, 0.29) is 18.5 Å². The number of hydrogen-bond donors (Lipinski definition) is 0. The maximum atomic E-state index is 13.2. The van der Waals surface area contributed by atoms with Crippen molar-refractivity contribution in [2.45, 2.75) is 18.8 Å². The first-order valence-electron chi connectivity index (χ1n) is 9.07. The standard InChI is InChI=1S/C21H18N4O3/c1-23-18-17(19(26)25(21(23)27)12-14-8-4-2-5-9-14)24-13-16(28-20(24)22-18)15-10-6-3-7-11-15/h2-11,13,17-18H,12H2,1H3. The van der Waals surface area contributed by atoms with Gasteiger partial charge in [0.2, 0.25) is 0 Å². The molecule has 2 aromatic carbocycles. The molecule has 3 heterocycles. The zero-order valence-electron chi connectivity index (χ0n) is 15.2. The van der Waals surface area contributed by atoms with E-state index in [0.717, 1.165) is 11.1 Å². The van der Waals surface area contributed by atoms with Crippen LogP contribution in [0.1, 0.15) is 11.1 Å². The number of urea groups is 1. The van der Waals surface area contributed by atoms with E-state index in [2.05, 4.69) is 4.99 Å². The highest BCUT2D eigenvalue weighted by Crippen LogP contribution is 2.35. The van der Waals surface area contributed by atoms with Crippen molar-refractivity contribution in [2.24, 2.45) is 4.99 Å². The van der Waals surface area contributed by atoms with Crippen molar-refractivity contribution in [1.82, 2.24) is 14.7 Å². The lowest BCUT2D eigenvalue weighted by Gasteiger charge is -2.39. The van der Waals surface area contributed by atoms with Crippen LogP contribution in [0.4, 0.5) is 4.79 Å². The molecule has 28 heavy (non-hydrogen) atoms. The van der Waals surface area contributed by atoms with Gasteiger partial charge in [0, 0.05) is 12.6 Å². The van der Waals surface area contributed by atoms with Crippen molar-refractivity contribution < 1.29 is 14.3 Å². The second kappa shape index (κ2) is 6.23. The molecule has 0 spiro atoms. The van der Waals surface area contributed by atoms with Gasteiger partial charge >= 0.3 is 6.03 Å². The number of hydrogen-bond acceptors (Lipinski definition) is 5. The molecule has 3 amide bonds. The smallest absolute Gasteiger partial charge is 0.328 e. The first kappa shape index (κ1) is 16.6. The fraction of sp³-hybridized carbons (Fsp3) is 0.190. The van der Waals surface area contributed by atoms with Crippen molar-refractivity contribution in [1.29, 1.82) is 0 Å². The summed E-state index contributed by atoms with van der Waals surface area (Å²) in [6.45, 7) is 0.228. The summed E-state index contributed by atoms with van der Waals surface area (Å²) in [7, 11) is 1.67. The predicted octanol–water partition coefficient (Wildman–Crippen LogP) is 2.48. The van der Waals surface area contributed by atoms with Gasteiger partial charge in [0.25, 0.3) is 11.9 Å². The van der Waals surface area contributed by atoms with Gasteiger partial charge in [-0.15, -0.1) is 0 Å². The Morgan fingerprint density at radius 3 is 2.39 bits per heavy atom. The molecule has 5 rings (SSSR count). The Kier molecular flexibility index (Phi) is 3.68. The monoisotopic (exact) mass is 374 g/mol. The van der Waals surface area contributed by atoms with E-state index < -0.39 is 12.2 Å². The molecule has 0 N–H and O–H groups in total. The maximum Gasteiger partial charge on any atom is 0.328 e. The van der Waals surface area contributed by atoms with Crippen LogP contribution in [0, 0.1) is 0 Å². The van der Waals surface area contributed by atoms with E-state index >= 15 is 0 Å². The number of ether oxygens (including phenoxy) is 1. The summed E-state index contributed by atoms with van der Waals surface area (Å²) in [5.41, 5.74) is 1.80. The number of rotatable bonds is 3. The van der Waals surface area contributed by atoms with E-state index in [4.69, 9.17) is 4.74 Å². The summed E-state index contributed by atoms with van der Waals surface area (Å²) in [4.78, 5) is 35.0. The highest BCUT2D eigenvalue weighted by atomic mass is 16.5. The lowest BCUT2D eigenvalue weighted by atomic mass is 10.1. The van der Waals surface area contributed by atoms with Crippen molar-refractivity contribution in [3.05, 3.63) is 78.0 Å².